The van der Waals surface area contributed by atoms with E-state index in [1.807, 2.05) is 12.4 Å². The van der Waals surface area contributed by atoms with Gasteiger partial charge < -0.3 is 15.4 Å². The van der Waals surface area contributed by atoms with E-state index in [0.29, 0.717) is 0 Å². The summed E-state index contributed by atoms with van der Waals surface area (Å²) in [6.45, 7) is 4.84. The Bertz CT molecular complexity index is 795. The van der Waals surface area contributed by atoms with Gasteiger partial charge in [0.2, 0.25) is 0 Å². The predicted octanol–water partition coefficient (Wildman–Crippen LogP) is 2.89. The summed E-state index contributed by atoms with van der Waals surface area (Å²) in [6, 6.07) is 10.9. The smallest absolute Gasteiger partial charge is 0.147 e. The molecule has 142 valence electrons. The fourth-order valence-corrected chi connectivity index (χ4v) is 4.96. The van der Waals surface area contributed by atoms with E-state index >= 15 is 0 Å². The number of nitrogens with two attached hydrogens (primary N) is 1. The van der Waals surface area contributed by atoms with Crippen LogP contribution in [0.5, 0.6) is 0 Å². The number of rotatable bonds is 3. The van der Waals surface area contributed by atoms with Crippen LogP contribution < -0.4 is 10.6 Å². The van der Waals surface area contributed by atoms with Crippen LogP contribution in [0.2, 0.25) is 0 Å². The number of nitrogens with zero attached hydrogens (tertiary/aromatic N) is 3. The summed E-state index contributed by atoms with van der Waals surface area (Å²) < 4.78 is 5.83. The van der Waals surface area contributed by atoms with Crippen molar-refractivity contribution >= 4 is 5.82 Å². The normalized spacial score (nSPS) is 28.4. The molecule has 1 aromatic carbocycles. The molecule has 1 aliphatic carbocycles. The van der Waals surface area contributed by atoms with Crippen LogP contribution in [-0.4, -0.2) is 41.8 Å². The number of hydrogen-bond donors (Lipinski definition) is 1. The molecule has 0 amide bonds. The van der Waals surface area contributed by atoms with E-state index in [4.69, 9.17) is 20.4 Å². The van der Waals surface area contributed by atoms with Gasteiger partial charge >= 0.3 is 0 Å². The SMILES string of the molecule is C[C@@H]1OCC2(CCN(c3cnc(C4(c5ccccc5)CC4)cn3)CC2)[C@@H]1N. The van der Waals surface area contributed by atoms with Gasteiger partial charge in [0.25, 0.3) is 0 Å². The Kier molecular flexibility index (Phi) is 3.99. The van der Waals surface area contributed by atoms with Crippen LogP contribution in [0.15, 0.2) is 42.7 Å². The van der Waals surface area contributed by atoms with E-state index in [1.165, 1.54) is 5.56 Å². The topological polar surface area (TPSA) is 64.3 Å². The zero-order chi connectivity index (χ0) is 18.5. The second kappa shape index (κ2) is 6.28. The number of anilines is 1. The summed E-state index contributed by atoms with van der Waals surface area (Å²) in [5.74, 6) is 0.984. The third-order valence-corrected chi connectivity index (χ3v) is 7.13. The molecule has 0 unspecified atom stereocenters. The van der Waals surface area contributed by atoms with Crippen molar-refractivity contribution in [3.63, 3.8) is 0 Å². The zero-order valence-electron chi connectivity index (χ0n) is 16.0. The highest BCUT2D eigenvalue weighted by Crippen LogP contribution is 2.52. The van der Waals surface area contributed by atoms with E-state index in [0.717, 1.165) is 56.9 Å². The third kappa shape index (κ3) is 2.75. The van der Waals surface area contributed by atoms with Crippen molar-refractivity contribution in [2.24, 2.45) is 11.1 Å². The van der Waals surface area contributed by atoms with Gasteiger partial charge in [-0.1, -0.05) is 30.3 Å². The van der Waals surface area contributed by atoms with Gasteiger partial charge in [-0.2, -0.15) is 0 Å². The zero-order valence-corrected chi connectivity index (χ0v) is 16.0. The van der Waals surface area contributed by atoms with Gasteiger partial charge in [-0.3, -0.25) is 4.98 Å². The molecule has 1 aromatic heterocycles. The Morgan fingerprint density at radius 2 is 1.78 bits per heavy atom. The molecule has 2 atom stereocenters. The minimum Gasteiger partial charge on any atom is -0.376 e. The van der Waals surface area contributed by atoms with Crippen molar-refractivity contribution in [3.8, 4) is 0 Å². The second-order valence-corrected chi connectivity index (χ2v) is 8.60. The largest absolute Gasteiger partial charge is 0.376 e. The van der Waals surface area contributed by atoms with Crippen LogP contribution in [0.1, 0.15) is 43.9 Å². The van der Waals surface area contributed by atoms with Crippen LogP contribution >= 0.6 is 0 Å². The Hall–Kier alpha value is -1.98. The number of benzene rings is 1. The fraction of sp³-hybridized carbons (Fsp3) is 0.545. The first-order chi connectivity index (χ1) is 13.1. The second-order valence-electron chi connectivity index (χ2n) is 8.60. The number of piperidine rings is 1. The lowest BCUT2D eigenvalue weighted by molar-refractivity contribution is 0.0974. The first-order valence-corrected chi connectivity index (χ1v) is 10.1. The molecule has 2 aromatic rings. The third-order valence-electron chi connectivity index (χ3n) is 7.13. The quantitative estimate of drug-likeness (QED) is 0.907. The monoisotopic (exact) mass is 364 g/mol. The Morgan fingerprint density at radius 3 is 2.33 bits per heavy atom. The maximum absolute atomic E-state index is 6.43. The molecular formula is C22H28N4O. The standard InChI is InChI=1S/C22H28N4O/c1-16-20(23)21(15-27-16)9-11-26(12-10-21)19-14-24-18(13-25-19)22(7-8-22)17-5-3-2-4-6-17/h2-6,13-14,16,20H,7-12,15,23H2,1H3/t16-,20+/m0/s1. The molecule has 2 saturated heterocycles. The number of aromatic nitrogens is 2. The van der Waals surface area contributed by atoms with Crippen molar-refractivity contribution in [2.75, 3.05) is 24.6 Å². The fourth-order valence-electron chi connectivity index (χ4n) is 4.96. The average molecular weight is 364 g/mol. The van der Waals surface area contributed by atoms with Crippen LogP contribution in [0, 0.1) is 5.41 Å². The van der Waals surface area contributed by atoms with Crippen molar-refractivity contribution in [2.45, 2.75) is 50.2 Å². The number of hydrogen-bond acceptors (Lipinski definition) is 5. The summed E-state index contributed by atoms with van der Waals surface area (Å²) in [5.41, 5.74) is 9.12. The highest BCUT2D eigenvalue weighted by molar-refractivity contribution is 5.44. The van der Waals surface area contributed by atoms with E-state index in [1.54, 1.807) is 0 Å². The highest BCUT2D eigenvalue weighted by Gasteiger charge is 2.48. The van der Waals surface area contributed by atoms with Crippen LogP contribution in [0.4, 0.5) is 5.82 Å². The molecule has 3 fully saturated rings. The summed E-state index contributed by atoms with van der Waals surface area (Å²) >= 11 is 0. The van der Waals surface area contributed by atoms with Gasteiger partial charge in [0.05, 0.1) is 30.8 Å². The van der Waals surface area contributed by atoms with Crippen molar-refractivity contribution in [1.29, 1.82) is 0 Å². The van der Waals surface area contributed by atoms with E-state index in [9.17, 15) is 0 Å². The summed E-state index contributed by atoms with van der Waals surface area (Å²) in [4.78, 5) is 12.0. The molecule has 3 heterocycles. The van der Waals surface area contributed by atoms with Gasteiger partial charge in [-0.15, -0.1) is 0 Å². The van der Waals surface area contributed by atoms with Gasteiger partial charge in [-0.05, 0) is 38.2 Å². The molecule has 2 N–H and O–H groups in total. The molecule has 0 bridgehead atoms. The van der Waals surface area contributed by atoms with E-state index in [2.05, 4.69) is 42.2 Å². The Morgan fingerprint density at radius 1 is 1.04 bits per heavy atom. The highest BCUT2D eigenvalue weighted by atomic mass is 16.5. The van der Waals surface area contributed by atoms with Gasteiger partial charge in [-0.25, -0.2) is 4.98 Å². The van der Waals surface area contributed by atoms with E-state index < -0.39 is 0 Å². The predicted molar refractivity (Wildman–Crippen MR) is 106 cm³/mol. The average Bonchev–Trinajstić information content (AvgIpc) is 3.50. The number of ether oxygens (including phenoxy) is 1. The first kappa shape index (κ1) is 17.1. The molecular weight excluding hydrogens is 336 g/mol. The van der Waals surface area contributed by atoms with Crippen molar-refractivity contribution < 1.29 is 4.74 Å². The van der Waals surface area contributed by atoms with Crippen LogP contribution in [0.25, 0.3) is 0 Å². The lowest BCUT2D eigenvalue weighted by Gasteiger charge is -2.41. The lowest BCUT2D eigenvalue weighted by atomic mass is 9.73. The maximum atomic E-state index is 6.43. The van der Waals surface area contributed by atoms with Crippen molar-refractivity contribution in [1.82, 2.24) is 9.97 Å². The molecule has 0 radical (unpaired) electrons. The molecule has 1 spiro atoms. The minimum atomic E-state index is 0.0862. The maximum Gasteiger partial charge on any atom is 0.147 e. The van der Waals surface area contributed by atoms with Gasteiger partial charge in [0.1, 0.15) is 5.82 Å². The summed E-state index contributed by atoms with van der Waals surface area (Å²) in [6.07, 6.45) is 8.58. The molecule has 1 saturated carbocycles. The molecule has 3 aliphatic rings. The molecule has 2 aliphatic heterocycles. The summed E-state index contributed by atoms with van der Waals surface area (Å²) in [5, 5.41) is 0. The van der Waals surface area contributed by atoms with Gasteiger partial charge in [0, 0.05) is 30.0 Å². The molecule has 5 rings (SSSR count). The van der Waals surface area contributed by atoms with Crippen LogP contribution in [-0.2, 0) is 10.2 Å². The molecule has 5 heteroatoms. The van der Waals surface area contributed by atoms with E-state index in [-0.39, 0.29) is 23.0 Å². The van der Waals surface area contributed by atoms with Gasteiger partial charge in [0.15, 0.2) is 0 Å². The lowest BCUT2D eigenvalue weighted by Crippen LogP contribution is -2.50. The summed E-state index contributed by atoms with van der Waals surface area (Å²) in [7, 11) is 0. The Labute approximate surface area is 161 Å². The van der Waals surface area contributed by atoms with Crippen molar-refractivity contribution in [3.05, 3.63) is 54.0 Å². The molecule has 5 nitrogen and oxygen atoms in total. The minimum absolute atomic E-state index is 0.0862. The Balaban J connectivity index is 1.30. The first-order valence-electron chi connectivity index (χ1n) is 10.1. The molecule has 27 heavy (non-hydrogen) atoms. The van der Waals surface area contributed by atoms with Crippen LogP contribution in [0.3, 0.4) is 0 Å².